The Bertz CT molecular complexity index is 784. The first-order valence-corrected chi connectivity index (χ1v) is 8.89. The standard InChI is InChI=1S/C19H23N5O3/c1-3-23-8-10-24(11-9-23)19-20-12-15(13-21-19)17(25)22-16-6-4-14(5-7-16)18(26)27-2/h4-7,12-13H,3,8-11H2,1-2H3,(H,22,25). The quantitative estimate of drug-likeness (QED) is 0.802. The molecule has 0 radical (unpaired) electrons. The number of piperazine rings is 1. The minimum Gasteiger partial charge on any atom is -0.465 e. The van der Waals surface area contributed by atoms with Crippen LogP contribution in [0.3, 0.4) is 0 Å². The molecule has 2 aromatic rings. The molecule has 1 amide bonds. The molecular formula is C19H23N5O3. The fourth-order valence-electron chi connectivity index (χ4n) is 2.88. The van der Waals surface area contributed by atoms with E-state index in [1.54, 1.807) is 24.3 Å². The van der Waals surface area contributed by atoms with Gasteiger partial charge in [-0.15, -0.1) is 0 Å². The molecule has 1 saturated heterocycles. The molecule has 0 aliphatic carbocycles. The lowest BCUT2D eigenvalue weighted by molar-refractivity contribution is 0.0600. The van der Waals surface area contributed by atoms with E-state index < -0.39 is 5.97 Å². The van der Waals surface area contributed by atoms with Gasteiger partial charge >= 0.3 is 5.97 Å². The summed E-state index contributed by atoms with van der Waals surface area (Å²) in [4.78, 5) is 37.0. The van der Waals surface area contributed by atoms with Crippen molar-refractivity contribution < 1.29 is 14.3 Å². The van der Waals surface area contributed by atoms with Crippen LogP contribution >= 0.6 is 0 Å². The number of carbonyl (C=O) groups excluding carboxylic acids is 2. The Morgan fingerprint density at radius 3 is 2.22 bits per heavy atom. The largest absolute Gasteiger partial charge is 0.465 e. The van der Waals surface area contributed by atoms with Gasteiger partial charge in [0.15, 0.2) is 0 Å². The van der Waals surface area contributed by atoms with E-state index in [4.69, 9.17) is 0 Å². The summed E-state index contributed by atoms with van der Waals surface area (Å²) < 4.78 is 4.65. The van der Waals surface area contributed by atoms with Crippen LogP contribution in [0, 0.1) is 0 Å². The van der Waals surface area contributed by atoms with Gasteiger partial charge < -0.3 is 19.9 Å². The summed E-state index contributed by atoms with van der Waals surface area (Å²) in [6, 6.07) is 6.48. The summed E-state index contributed by atoms with van der Waals surface area (Å²) in [5.41, 5.74) is 1.38. The molecule has 1 aromatic carbocycles. The summed E-state index contributed by atoms with van der Waals surface area (Å²) in [7, 11) is 1.32. The van der Waals surface area contributed by atoms with Gasteiger partial charge in [0, 0.05) is 44.3 Å². The number of methoxy groups -OCH3 is 1. The number of amides is 1. The lowest BCUT2D eigenvalue weighted by atomic mass is 10.2. The number of benzene rings is 1. The predicted octanol–water partition coefficient (Wildman–Crippen LogP) is 1.66. The van der Waals surface area contributed by atoms with Crippen molar-refractivity contribution in [3.63, 3.8) is 0 Å². The molecule has 142 valence electrons. The fraction of sp³-hybridized carbons (Fsp3) is 0.368. The van der Waals surface area contributed by atoms with Crippen LogP contribution in [-0.4, -0.2) is 66.6 Å². The second-order valence-electron chi connectivity index (χ2n) is 6.22. The van der Waals surface area contributed by atoms with Crippen LogP contribution in [0.5, 0.6) is 0 Å². The zero-order valence-electron chi connectivity index (χ0n) is 15.5. The highest BCUT2D eigenvalue weighted by Crippen LogP contribution is 2.14. The Balaban J connectivity index is 1.60. The van der Waals surface area contributed by atoms with Crippen LogP contribution in [0.4, 0.5) is 11.6 Å². The van der Waals surface area contributed by atoms with Crippen LogP contribution in [0.15, 0.2) is 36.7 Å². The molecular weight excluding hydrogens is 346 g/mol. The van der Waals surface area contributed by atoms with Gasteiger partial charge in [0.2, 0.25) is 5.95 Å². The van der Waals surface area contributed by atoms with Crippen molar-refractivity contribution in [3.05, 3.63) is 47.8 Å². The third-order valence-electron chi connectivity index (χ3n) is 4.57. The SMILES string of the molecule is CCN1CCN(c2ncc(C(=O)Nc3ccc(C(=O)OC)cc3)cn2)CC1. The molecule has 1 aliphatic heterocycles. The second kappa shape index (κ2) is 8.59. The lowest BCUT2D eigenvalue weighted by Crippen LogP contribution is -2.46. The highest BCUT2D eigenvalue weighted by atomic mass is 16.5. The Morgan fingerprint density at radius 1 is 1.04 bits per heavy atom. The molecule has 0 unspecified atom stereocenters. The lowest BCUT2D eigenvalue weighted by Gasteiger charge is -2.33. The average Bonchev–Trinajstić information content (AvgIpc) is 2.74. The van der Waals surface area contributed by atoms with Gasteiger partial charge in [0.25, 0.3) is 5.91 Å². The van der Waals surface area contributed by atoms with E-state index in [0.717, 1.165) is 32.7 Å². The van der Waals surface area contributed by atoms with Crippen LogP contribution < -0.4 is 10.2 Å². The number of ether oxygens (including phenoxy) is 1. The van der Waals surface area contributed by atoms with Gasteiger partial charge in [0.05, 0.1) is 18.2 Å². The van der Waals surface area contributed by atoms with Crippen molar-refractivity contribution in [2.24, 2.45) is 0 Å². The number of carbonyl (C=O) groups is 2. The number of hydrogen-bond donors (Lipinski definition) is 1. The van der Waals surface area contributed by atoms with Gasteiger partial charge in [-0.1, -0.05) is 6.92 Å². The monoisotopic (exact) mass is 369 g/mol. The molecule has 27 heavy (non-hydrogen) atoms. The van der Waals surface area contributed by atoms with Gasteiger partial charge in [0.1, 0.15) is 0 Å². The summed E-state index contributed by atoms with van der Waals surface area (Å²) in [5, 5.41) is 2.76. The van der Waals surface area contributed by atoms with Gasteiger partial charge in [-0.25, -0.2) is 14.8 Å². The zero-order valence-corrected chi connectivity index (χ0v) is 15.5. The van der Waals surface area contributed by atoms with E-state index in [1.165, 1.54) is 19.5 Å². The molecule has 0 atom stereocenters. The fourth-order valence-corrected chi connectivity index (χ4v) is 2.88. The topological polar surface area (TPSA) is 87.7 Å². The highest BCUT2D eigenvalue weighted by molar-refractivity contribution is 6.04. The molecule has 1 N–H and O–H groups in total. The second-order valence-corrected chi connectivity index (χ2v) is 6.22. The van der Waals surface area contributed by atoms with E-state index in [0.29, 0.717) is 22.8 Å². The van der Waals surface area contributed by atoms with Crippen molar-refractivity contribution in [3.8, 4) is 0 Å². The van der Waals surface area contributed by atoms with Crippen molar-refractivity contribution >= 4 is 23.5 Å². The number of likely N-dealkylation sites (N-methyl/N-ethyl adjacent to an activating group) is 1. The van der Waals surface area contributed by atoms with Crippen molar-refractivity contribution in [1.82, 2.24) is 14.9 Å². The Morgan fingerprint density at radius 2 is 1.67 bits per heavy atom. The van der Waals surface area contributed by atoms with E-state index >= 15 is 0 Å². The third-order valence-corrected chi connectivity index (χ3v) is 4.57. The first-order valence-electron chi connectivity index (χ1n) is 8.89. The van der Waals surface area contributed by atoms with Crippen LogP contribution in [-0.2, 0) is 4.74 Å². The smallest absolute Gasteiger partial charge is 0.337 e. The molecule has 0 spiro atoms. The van der Waals surface area contributed by atoms with Gasteiger partial charge in [-0.05, 0) is 30.8 Å². The first kappa shape index (κ1) is 18.8. The maximum absolute atomic E-state index is 12.4. The molecule has 1 aromatic heterocycles. The maximum Gasteiger partial charge on any atom is 0.337 e. The van der Waals surface area contributed by atoms with Crippen LogP contribution in [0.2, 0.25) is 0 Å². The molecule has 0 saturated carbocycles. The summed E-state index contributed by atoms with van der Waals surface area (Å²) >= 11 is 0. The van der Waals surface area contributed by atoms with E-state index in [1.807, 2.05) is 0 Å². The predicted molar refractivity (Wildman–Crippen MR) is 102 cm³/mol. The van der Waals surface area contributed by atoms with Crippen LogP contribution in [0.25, 0.3) is 0 Å². The normalized spacial score (nSPS) is 14.7. The number of anilines is 2. The minimum absolute atomic E-state index is 0.303. The molecule has 1 aliphatic rings. The molecule has 1 fully saturated rings. The molecule has 8 heteroatoms. The Hall–Kier alpha value is -3.00. The highest BCUT2D eigenvalue weighted by Gasteiger charge is 2.18. The maximum atomic E-state index is 12.4. The number of rotatable bonds is 5. The number of nitrogens with zero attached hydrogens (tertiary/aromatic N) is 4. The van der Waals surface area contributed by atoms with E-state index in [2.05, 4.69) is 36.7 Å². The number of hydrogen-bond acceptors (Lipinski definition) is 7. The third kappa shape index (κ3) is 4.59. The van der Waals surface area contributed by atoms with Crippen molar-refractivity contribution in [2.45, 2.75) is 6.92 Å². The van der Waals surface area contributed by atoms with Crippen LogP contribution in [0.1, 0.15) is 27.6 Å². The number of esters is 1. The average molecular weight is 369 g/mol. The first-order chi connectivity index (χ1) is 13.1. The van der Waals surface area contributed by atoms with E-state index in [9.17, 15) is 9.59 Å². The van der Waals surface area contributed by atoms with Gasteiger partial charge in [-0.2, -0.15) is 0 Å². The molecule has 2 heterocycles. The summed E-state index contributed by atoms with van der Waals surface area (Å²) in [6.07, 6.45) is 3.07. The summed E-state index contributed by atoms with van der Waals surface area (Å²) in [5.74, 6) is -0.0791. The zero-order chi connectivity index (χ0) is 19.2. The number of nitrogens with one attached hydrogen (secondary N) is 1. The molecule has 8 nitrogen and oxygen atoms in total. The Kier molecular flexibility index (Phi) is 5.97. The van der Waals surface area contributed by atoms with Crippen molar-refractivity contribution in [2.75, 3.05) is 50.1 Å². The number of aromatic nitrogens is 2. The summed E-state index contributed by atoms with van der Waals surface area (Å²) in [6.45, 7) is 6.95. The van der Waals surface area contributed by atoms with E-state index in [-0.39, 0.29) is 5.91 Å². The van der Waals surface area contributed by atoms with Gasteiger partial charge in [-0.3, -0.25) is 4.79 Å². The molecule has 0 bridgehead atoms. The van der Waals surface area contributed by atoms with Crippen molar-refractivity contribution in [1.29, 1.82) is 0 Å². The Labute approximate surface area is 158 Å². The minimum atomic E-state index is -0.420. The molecule has 3 rings (SSSR count).